The van der Waals surface area contributed by atoms with E-state index in [4.69, 9.17) is 10.7 Å². The first kappa shape index (κ1) is 16.4. The number of aliphatic imine (C=N–C) groups is 1. The van der Waals surface area contributed by atoms with Crippen LogP contribution in [0, 0.1) is 0 Å². The Labute approximate surface area is 129 Å². The third-order valence-corrected chi connectivity index (χ3v) is 5.27. The molecule has 0 saturated carbocycles. The van der Waals surface area contributed by atoms with E-state index < -0.39 is 0 Å². The maximum atomic E-state index is 5.69. The summed E-state index contributed by atoms with van der Waals surface area (Å²) in [6.45, 7) is 8.29. The molecule has 1 aliphatic rings. The van der Waals surface area contributed by atoms with Gasteiger partial charge in [0.15, 0.2) is 0 Å². The van der Waals surface area contributed by atoms with E-state index in [2.05, 4.69) is 36.8 Å². The number of likely N-dealkylation sites (tertiary alicyclic amines) is 1. The van der Waals surface area contributed by atoms with E-state index in [0.717, 1.165) is 51.4 Å². The minimum Gasteiger partial charge on any atom is -0.357 e. The fraction of sp³-hybridized carbons (Fsp3) is 0.733. The van der Waals surface area contributed by atoms with E-state index in [0.29, 0.717) is 12.7 Å². The molecule has 1 saturated heterocycles. The van der Waals surface area contributed by atoms with E-state index >= 15 is 0 Å². The van der Waals surface area contributed by atoms with Crippen molar-refractivity contribution in [1.82, 2.24) is 14.7 Å². The van der Waals surface area contributed by atoms with Crippen molar-refractivity contribution in [2.24, 2.45) is 10.7 Å². The van der Waals surface area contributed by atoms with Crippen LogP contribution in [0.3, 0.4) is 0 Å². The number of aryl methyl sites for hydroxylation is 1. The van der Waals surface area contributed by atoms with Crippen molar-refractivity contribution in [2.75, 3.05) is 12.8 Å². The molecule has 21 heavy (non-hydrogen) atoms. The molecule has 2 rings (SSSR count). The first-order chi connectivity index (χ1) is 10.1. The molecule has 6 heteroatoms. The van der Waals surface area contributed by atoms with Gasteiger partial charge in [0.2, 0.25) is 0 Å². The molecule has 0 radical (unpaired) electrons. The molecule has 3 unspecified atom stereocenters. The molecule has 118 valence electrons. The fourth-order valence-electron chi connectivity index (χ4n) is 2.93. The lowest BCUT2D eigenvalue weighted by molar-refractivity contribution is 0.408. The molecular weight excluding hydrogens is 281 g/mol. The Hall–Kier alpha value is -0.930. The van der Waals surface area contributed by atoms with Crippen LogP contribution in [0.4, 0.5) is 0 Å². The molecule has 1 aliphatic heterocycles. The van der Waals surface area contributed by atoms with Gasteiger partial charge in [-0.25, -0.2) is 4.99 Å². The van der Waals surface area contributed by atoms with E-state index in [1.807, 2.05) is 10.9 Å². The summed E-state index contributed by atoms with van der Waals surface area (Å²) in [5.41, 5.74) is 7.59. The summed E-state index contributed by atoms with van der Waals surface area (Å²) in [4.78, 5) is 7.13. The first-order valence-corrected chi connectivity index (χ1v) is 9.16. The van der Waals surface area contributed by atoms with Crippen molar-refractivity contribution in [1.29, 1.82) is 0 Å². The van der Waals surface area contributed by atoms with Crippen molar-refractivity contribution >= 4 is 14.4 Å². The van der Waals surface area contributed by atoms with Gasteiger partial charge in [-0.2, -0.15) is 5.10 Å². The highest BCUT2D eigenvalue weighted by molar-refractivity contribution is 7.38. The molecular formula is C15H28N5P. The summed E-state index contributed by atoms with van der Waals surface area (Å²) >= 11 is 0. The highest BCUT2D eigenvalue weighted by Gasteiger charge is 2.29. The van der Waals surface area contributed by atoms with Crippen LogP contribution >= 0.6 is 8.58 Å². The number of nitrogens with zero attached hydrogens (tertiary/aromatic N) is 4. The molecule has 2 heterocycles. The van der Waals surface area contributed by atoms with Gasteiger partial charge in [-0.1, -0.05) is 13.3 Å². The molecule has 3 atom stereocenters. The molecule has 0 amide bonds. The van der Waals surface area contributed by atoms with Crippen molar-refractivity contribution in [3.63, 3.8) is 0 Å². The Kier molecular flexibility index (Phi) is 6.19. The number of amidine groups is 1. The minimum absolute atomic E-state index is 0.575. The lowest BCUT2D eigenvalue weighted by Crippen LogP contribution is -2.32. The second kappa shape index (κ2) is 7.90. The zero-order chi connectivity index (χ0) is 15.2. The Bertz CT molecular complexity index is 470. The van der Waals surface area contributed by atoms with Gasteiger partial charge in [-0.05, 0) is 38.4 Å². The normalized spacial score (nSPS) is 23.6. The van der Waals surface area contributed by atoms with Crippen LogP contribution in [0.5, 0.6) is 0 Å². The fourth-order valence-corrected chi connectivity index (χ4v) is 4.10. The lowest BCUT2D eigenvalue weighted by atomic mass is 10.2. The Morgan fingerprint density at radius 3 is 3.10 bits per heavy atom. The smallest absolute Gasteiger partial charge is 0.133 e. The molecule has 1 aromatic heterocycles. The molecule has 0 aromatic carbocycles. The number of rotatable bonds is 6. The standard InChI is InChI=1S/C15H28N5P/c1-4-5-14-6-7-19(18-14)11-17-13(3)20-9-15(21-10-16)8-12(20)2/h6-7,12,15,21H,4-5,8-11,16H2,1-3H3/b17-13+. The summed E-state index contributed by atoms with van der Waals surface area (Å²) in [6, 6.07) is 2.66. The van der Waals surface area contributed by atoms with Gasteiger partial charge >= 0.3 is 0 Å². The van der Waals surface area contributed by atoms with Crippen molar-refractivity contribution in [3.05, 3.63) is 18.0 Å². The van der Waals surface area contributed by atoms with Crippen LogP contribution in [0.2, 0.25) is 0 Å². The largest absolute Gasteiger partial charge is 0.357 e. The number of hydrogen-bond donors (Lipinski definition) is 1. The zero-order valence-electron chi connectivity index (χ0n) is 13.4. The first-order valence-electron chi connectivity index (χ1n) is 7.87. The number of nitrogens with two attached hydrogens (primary N) is 1. The topological polar surface area (TPSA) is 59.4 Å². The highest BCUT2D eigenvalue weighted by atomic mass is 31.1. The highest BCUT2D eigenvalue weighted by Crippen LogP contribution is 2.30. The number of hydrogen-bond acceptors (Lipinski definition) is 3. The lowest BCUT2D eigenvalue weighted by Gasteiger charge is -2.23. The van der Waals surface area contributed by atoms with Crippen LogP contribution in [0.15, 0.2) is 17.3 Å². The van der Waals surface area contributed by atoms with Crippen molar-refractivity contribution in [2.45, 2.75) is 58.4 Å². The third-order valence-electron chi connectivity index (χ3n) is 4.04. The van der Waals surface area contributed by atoms with Gasteiger partial charge in [0.1, 0.15) is 6.67 Å². The van der Waals surface area contributed by atoms with Gasteiger partial charge in [0, 0.05) is 25.1 Å². The van der Waals surface area contributed by atoms with E-state index in [1.165, 1.54) is 6.42 Å². The maximum Gasteiger partial charge on any atom is 0.133 e. The summed E-state index contributed by atoms with van der Waals surface area (Å²) in [5.74, 6) is 1.12. The van der Waals surface area contributed by atoms with Crippen LogP contribution in [-0.2, 0) is 13.1 Å². The zero-order valence-corrected chi connectivity index (χ0v) is 14.4. The van der Waals surface area contributed by atoms with E-state index in [-0.39, 0.29) is 0 Å². The van der Waals surface area contributed by atoms with Gasteiger partial charge in [0.25, 0.3) is 0 Å². The molecule has 0 spiro atoms. The quantitative estimate of drug-likeness (QED) is 0.498. The van der Waals surface area contributed by atoms with Crippen molar-refractivity contribution < 1.29 is 0 Å². The average Bonchev–Trinajstić information content (AvgIpc) is 3.04. The summed E-state index contributed by atoms with van der Waals surface area (Å²) in [5, 5.41) is 4.54. The van der Waals surface area contributed by atoms with Gasteiger partial charge in [0.05, 0.1) is 11.5 Å². The number of aromatic nitrogens is 2. The van der Waals surface area contributed by atoms with Crippen LogP contribution in [-0.4, -0.2) is 45.0 Å². The SMILES string of the molecule is CCCc1ccn(C/N=C(\C)N2CC(PCN)CC2C)n1. The predicted octanol–water partition coefficient (Wildman–Crippen LogP) is 2.27. The van der Waals surface area contributed by atoms with Gasteiger partial charge in [-0.15, -0.1) is 8.58 Å². The van der Waals surface area contributed by atoms with E-state index in [1.54, 1.807) is 0 Å². The predicted molar refractivity (Wildman–Crippen MR) is 91.3 cm³/mol. The van der Waals surface area contributed by atoms with Crippen LogP contribution in [0.25, 0.3) is 0 Å². The van der Waals surface area contributed by atoms with Crippen LogP contribution in [0.1, 0.15) is 39.3 Å². The Balaban J connectivity index is 1.91. The summed E-state index contributed by atoms with van der Waals surface area (Å²) < 4.78 is 1.92. The molecule has 0 aliphatic carbocycles. The Morgan fingerprint density at radius 1 is 1.57 bits per heavy atom. The second-order valence-corrected chi connectivity index (χ2v) is 7.42. The summed E-state index contributed by atoms with van der Waals surface area (Å²) in [7, 11) is 0.875. The third kappa shape index (κ3) is 4.52. The van der Waals surface area contributed by atoms with E-state index in [9.17, 15) is 0 Å². The second-order valence-electron chi connectivity index (χ2n) is 5.79. The van der Waals surface area contributed by atoms with Crippen molar-refractivity contribution in [3.8, 4) is 0 Å². The molecule has 0 bridgehead atoms. The molecule has 1 fully saturated rings. The average molecular weight is 309 g/mol. The molecule has 1 aromatic rings. The van der Waals surface area contributed by atoms with Crippen LogP contribution < -0.4 is 5.73 Å². The minimum atomic E-state index is 0.575. The molecule has 5 nitrogen and oxygen atoms in total. The Morgan fingerprint density at radius 2 is 2.38 bits per heavy atom. The molecule has 2 N–H and O–H groups in total. The monoisotopic (exact) mass is 309 g/mol. The van der Waals surface area contributed by atoms with Gasteiger partial charge < -0.3 is 10.6 Å². The van der Waals surface area contributed by atoms with Gasteiger partial charge in [-0.3, -0.25) is 4.68 Å². The summed E-state index contributed by atoms with van der Waals surface area (Å²) in [6.07, 6.45) is 6.25. The maximum absolute atomic E-state index is 5.69.